The molecule has 0 amide bonds. The highest BCUT2D eigenvalue weighted by Crippen LogP contribution is 2.27. The Morgan fingerprint density at radius 1 is 1.59 bits per heavy atom. The van der Waals surface area contributed by atoms with Gasteiger partial charge in [0, 0.05) is 37.5 Å². The topological polar surface area (TPSA) is 70.8 Å². The van der Waals surface area contributed by atoms with Gasteiger partial charge in [0.1, 0.15) is 19.2 Å². The van der Waals surface area contributed by atoms with E-state index >= 15 is 0 Å². The second-order valence-corrected chi connectivity index (χ2v) is 3.58. The van der Waals surface area contributed by atoms with Crippen LogP contribution < -0.4 is 10.6 Å². The van der Waals surface area contributed by atoms with Gasteiger partial charge in [0.05, 0.1) is 5.39 Å². The number of nitrogens with two attached hydrogens (primary N) is 1. The number of hydrogen-bond acceptors (Lipinski definition) is 4. The van der Waals surface area contributed by atoms with E-state index in [1.165, 1.54) is 11.9 Å². The van der Waals surface area contributed by atoms with Gasteiger partial charge in [-0.25, -0.2) is 9.97 Å². The third-order valence-electron chi connectivity index (χ3n) is 2.44. The zero-order valence-electron chi connectivity index (χ0n) is 19.0. The fourth-order valence-electron chi connectivity index (χ4n) is 1.66. The molecule has 3 N–H and O–H groups in total. The molecule has 2 aromatic rings. The third kappa shape index (κ3) is 1.76. The van der Waals surface area contributed by atoms with Crippen LogP contribution in [0.2, 0.25) is 1.41 Å². The summed E-state index contributed by atoms with van der Waals surface area (Å²) in [6.07, 6.45) is -4.14. The predicted octanol–water partition coefficient (Wildman–Crippen LogP) is 1.19. The summed E-state index contributed by atoms with van der Waals surface area (Å²) in [5.74, 6) is -0.353. The Labute approximate surface area is 114 Å². The van der Waals surface area contributed by atoms with E-state index in [2.05, 4.69) is 15.0 Å². The average molecular weight is 241 g/mol. The number of piperidine rings is 1. The molecule has 2 aromatic heterocycles. The lowest BCUT2D eigenvalue weighted by molar-refractivity contribution is 0.499. The van der Waals surface area contributed by atoms with Gasteiger partial charge in [-0.1, -0.05) is 0 Å². The Hall–Kier alpha value is -1.62. The van der Waals surface area contributed by atoms with Gasteiger partial charge in [-0.3, -0.25) is 0 Å². The molecule has 0 spiro atoms. The molecule has 0 aliphatic carbocycles. The van der Waals surface area contributed by atoms with E-state index < -0.39 is 31.8 Å². The van der Waals surface area contributed by atoms with Crippen LogP contribution >= 0.6 is 0 Å². The van der Waals surface area contributed by atoms with Crippen molar-refractivity contribution in [2.45, 2.75) is 25.7 Å². The van der Waals surface area contributed by atoms with Gasteiger partial charge in [-0.15, -0.1) is 0 Å². The fourth-order valence-corrected chi connectivity index (χ4v) is 1.66. The Morgan fingerprint density at radius 3 is 3.18 bits per heavy atom. The van der Waals surface area contributed by atoms with Crippen LogP contribution in [-0.4, -0.2) is 34.0 Å². The van der Waals surface area contributed by atoms with Crippen LogP contribution in [-0.2, 0) is 0 Å². The smallest absolute Gasteiger partial charge is 0.143 e. The van der Waals surface area contributed by atoms with Crippen molar-refractivity contribution >= 4 is 16.9 Å². The summed E-state index contributed by atoms with van der Waals surface area (Å²) in [5.41, 5.74) is 2.17. The molecule has 0 unspecified atom stereocenters. The van der Waals surface area contributed by atoms with Crippen LogP contribution in [0.1, 0.15) is 30.6 Å². The van der Waals surface area contributed by atoms with Gasteiger partial charge in [0.2, 0.25) is 0 Å². The maximum absolute atomic E-state index is 8.31. The van der Waals surface area contributed by atoms with Crippen molar-refractivity contribution in [3.8, 4) is 0 Å². The number of rotatable bonds is 2. The van der Waals surface area contributed by atoms with E-state index in [9.17, 15) is 0 Å². The minimum atomic E-state index is -3.35. The summed E-state index contributed by atoms with van der Waals surface area (Å²) in [6, 6.07) is -3.25. The van der Waals surface area contributed by atoms with Crippen molar-refractivity contribution in [3.05, 3.63) is 18.1 Å². The standard InChI is InChI=1S/C12H17N5/c1-8-6-14-11-10(8)12(16-7-15-11)17-4-2-9(13)3-5-17/h6-7,9H,2-5,13H2,1H3,(H,14,15,16)/i2D2,3D2,4D2,5D2,9D/hD. The number of aromatic nitrogens is 3. The first-order valence-corrected chi connectivity index (χ1v) is 4.96. The van der Waals surface area contributed by atoms with Gasteiger partial charge in [0.15, 0.2) is 0 Å². The Balaban J connectivity index is 2.40. The molecule has 1 fully saturated rings. The number of H-pyrrole nitrogens is 1. The number of aryl methyl sites for hydroxylation is 1. The molecule has 5 nitrogen and oxygen atoms in total. The summed E-state index contributed by atoms with van der Waals surface area (Å²) in [5, 5.41) is 0.202. The molecule has 0 saturated carbocycles. The predicted molar refractivity (Wildman–Crippen MR) is 68.0 cm³/mol. The zero-order valence-corrected chi connectivity index (χ0v) is 9.00. The molecule has 0 bridgehead atoms. The molecule has 0 radical (unpaired) electrons. The molecule has 17 heavy (non-hydrogen) atoms. The van der Waals surface area contributed by atoms with Crippen LogP contribution in [0, 0.1) is 6.92 Å². The van der Waals surface area contributed by atoms with E-state index in [1.54, 1.807) is 6.92 Å². The van der Waals surface area contributed by atoms with Crippen LogP contribution in [0.15, 0.2) is 12.5 Å². The number of aromatic amines is 1. The highest BCUT2D eigenvalue weighted by atomic mass is 15.2. The molecule has 1 aliphatic heterocycles. The lowest BCUT2D eigenvalue weighted by Crippen LogP contribution is -2.40. The van der Waals surface area contributed by atoms with Crippen molar-refractivity contribution < 1.29 is 13.7 Å². The first-order valence-electron chi connectivity index (χ1n) is 9.96. The summed E-state index contributed by atoms with van der Waals surface area (Å²) < 4.78 is 81.2. The normalized spacial score (nSPS) is 40.2. The summed E-state index contributed by atoms with van der Waals surface area (Å²) in [4.78, 5) is 11.0. The number of anilines is 1. The maximum atomic E-state index is 8.31. The van der Waals surface area contributed by atoms with Gasteiger partial charge in [-0.2, -0.15) is 0 Å². The van der Waals surface area contributed by atoms with Crippen molar-refractivity contribution in [1.29, 1.82) is 0 Å². The van der Waals surface area contributed by atoms with Gasteiger partial charge < -0.3 is 15.6 Å². The molecule has 3 heterocycles. The quantitative estimate of drug-likeness (QED) is 0.828. The Bertz CT molecular complexity index is 866. The largest absolute Gasteiger partial charge is 0.356 e. The number of hydrogen-bond donors (Lipinski definition) is 2. The zero-order chi connectivity index (χ0) is 20.6. The Kier molecular flexibility index (Phi) is 0.997. The molecule has 0 aromatic carbocycles. The van der Waals surface area contributed by atoms with Crippen LogP contribution in [0.4, 0.5) is 5.82 Å². The van der Waals surface area contributed by atoms with Gasteiger partial charge in [-0.05, 0) is 25.2 Å². The molecular weight excluding hydrogens is 214 g/mol. The molecule has 1 saturated heterocycles. The number of fused-ring (bicyclic) bond motifs is 1. The molecule has 5 heteroatoms. The minimum Gasteiger partial charge on any atom is -0.356 e. The van der Waals surface area contributed by atoms with E-state index in [4.69, 9.17) is 13.7 Å². The van der Waals surface area contributed by atoms with E-state index in [1.807, 2.05) is 0 Å². The van der Waals surface area contributed by atoms with Crippen LogP contribution in [0.5, 0.6) is 0 Å². The Morgan fingerprint density at radius 2 is 2.41 bits per heavy atom. The lowest BCUT2D eigenvalue weighted by Gasteiger charge is -2.31. The van der Waals surface area contributed by atoms with E-state index in [-0.39, 0.29) is 21.8 Å². The van der Waals surface area contributed by atoms with Gasteiger partial charge in [0.25, 0.3) is 0 Å². The number of nitrogens with zero attached hydrogens (tertiary/aromatic N) is 3. The molecule has 3 rings (SSSR count). The first kappa shape index (κ1) is 4.24. The van der Waals surface area contributed by atoms with Crippen molar-refractivity contribution in [1.82, 2.24) is 15.0 Å². The summed E-state index contributed by atoms with van der Waals surface area (Å²) in [7, 11) is 0. The second-order valence-electron chi connectivity index (χ2n) is 3.58. The molecular formula is C12H17N5. The van der Waals surface area contributed by atoms with Crippen molar-refractivity contribution in [3.63, 3.8) is 0 Å². The maximum Gasteiger partial charge on any atom is 0.143 e. The van der Waals surface area contributed by atoms with E-state index in [0.717, 1.165) is 6.33 Å². The van der Waals surface area contributed by atoms with Crippen LogP contribution in [0.25, 0.3) is 11.0 Å². The molecule has 90 valence electrons. The first-order chi connectivity index (χ1) is 12.2. The SMILES string of the molecule is [2H]NC1([2H])C([2H])([2H])C([2H])([2H])N(c2ncnc3[nH]cc(C)c23)C([2H])([2H])C1([2H])[2H]. The monoisotopic (exact) mass is 241 g/mol. The average Bonchev–Trinajstić information content (AvgIpc) is 2.94. The van der Waals surface area contributed by atoms with Crippen molar-refractivity contribution in [2.75, 3.05) is 17.9 Å². The number of nitrogens with one attached hydrogen (secondary N) is 1. The minimum absolute atomic E-state index is 0.202. The second kappa shape index (κ2) is 4.00. The van der Waals surface area contributed by atoms with Crippen LogP contribution in [0.3, 0.4) is 0 Å². The van der Waals surface area contributed by atoms with Crippen molar-refractivity contribution in [2.24, 2.45) is 5.73 Å². The van der Waals surface area contributed by atoms with E-state index in [0.29, 0.717) is 5.56 Å². The summed E-state index contributed by atoms with van der Waals surface area (Å²) in [6.45, 7) is -4.87. The summed E-state index contributed by atoms with van der Waals surface area (Å²) >= 11 is 0. The highest BCUT2D eigenvalue weighted by Gasteiger charge is 2.20. The highest BCUT2D eigenvalue weighted by molar-refractivity contribution is 5.90. The molecule has 0 atom stereocenters. The fraction of sp³-hybridized carbons (Fsp3) is 0.500. The molecule has 1 aliphatic rings. The third-order valence-corrected chi connectivity index (χ3v) is 2.44. The lowest BCUT2D eigenvalue weighted by atomic mass is 10.1. The van der Waals surface area contributed by atoms with Gasteiger partial charge >= 0.3 is 0 Å².